The number of piperidine rings is 1. The van der Waals surface area contributed by atoms with Crippen molar-refractivity contribution in [3.63, 3.8) is 0 Å². The molecule has 3 aromatic heterocycles. The minimum atomic E-state index is -0.975. The van der Waals surface area contributed by atoms with Crippen LogP contribution in [0.25, 0.3) is 33.3 Å². The van der Waals surface area contributed by atoms with Gasteiger partial charge in [0.1, 0.15) is 23.4 Å². The van der Waals surface area contributed by atoms with Crippen LogP contribution in [0.15, 0.2) is 90.0 Å². The number of hydrogen-bond acceptors (Lipinski definition) is 6. The zero-order chi connectivity index (χ0) is 28.8. The number of imidazole rings is 1. The number of rotatable bonds is 5. The molecule has 0 bridgehead atoms. The number of benzene rings is 3. The predicted molar refractivity (Wildman–Crippen MR) is 160 cm³/mol. The third-order valence-corrected chi connectivity index (χ3v) is 8.26. The van der Waals surface area contributed by atoms with Crippen molar-refractivity contribution in [1.29, 1.82) is 0 Å². The number of fused-ring (bicyclic) bond motifs is 2. The molecule has 1 fully saturated rings. The third-order valence-electron chi connectivity index (χ3n) is 8.26. The number of phenols is 1. The Balaban J connectivity index is 1.32. The molecule has 8 nitrogen and oxygen atoms in total. The van der Waals surface area contributed by atoms with Gasteiger partial charge in [0.15, 0.2) is 5.52 Å². The lowest BCUT2D eigenvalue weighted by Gasteiger charge is -2.29. The number of pyridine rings is 1. The molecule has 7 rings (SSSR count). The van der Waals surface area contributed by atoms with Gasteiger partial charge in [0.25, 0.3) is 5.56 Å². The number of likely N-dealkylation sites (tertiary alicyclic amines) is 1. The Kier molecular flexibility index (Phi) is 6.51. The molecule has 2 N–H and O–H groups in total. The van der Waals surface area contributed by atoms with E-state index in [1.54, 1.807) is 6.07 Å². The van der Waals surface area contributed by atoms with Crippen molar-refractivity contribution >= 4 is 22.1 Å². The lowest BCUT2D eigenvalue weighted by Crippen LogP contribution is -2.29. The molecule has 0 radical (unpaired) electrons. The van der Waals surface area contributed by atoms with E-state index < -0.39 is 17.4 Å². The van der Waals surface area contributed by atoms with Crippen LogP contribution in [0.3, 0.4) is 0 Å². The number of nitrogens with zero attached hydrogens (tertiary/aromatic N) is 5. The molecule has 0 spiro atoms. The summed E-state index contributed by atoms with van der Waals surface area (Å²) in [5.41, 5.74) is 4.67. The van der Waals surface area contributed by atoms with Gasteiger partial charge in [-0.25, -0.2) is 19.3 Å². The summed E-state index contributed by atoms with van der Waals surface area (Å²) in [5, 5.41) is 10.8. The standard InChI is InChI=1S/C33H29FN6O2/c1-39-16-14-21(15-17-39)20-6-8-22(9-7-20)25-11-12-28-30(36-25)33(42)40(19-35-28)31(24-18-23(34)10-13-29(24)41)32-37-26-4-2-3-5-27(26)38-32/h2-13,18-19,21,31,41H,14-17H2,1H3,(H,37,38). The van der Waals surface area contributed by atoms with Crippen LogP contribution >= 0.6 is 0 Å². The first-order valence-corrected chi connectivity index (χ1v) is 14.0. The highest BCUT2D eigenvalue weighted by atomic mass is 19.1. The summed E-state index contributed by atoms with van der Waals surface area (Å²) in [6.07, 6.45) is 3.68. The minimum absolute atomic E-state index is 0.166. The number of phenolic OH excluding ortho intramolecular Hbond substituents is 1. The molecule has 4 heterocycles. The SMILES string of the molecule is CN1CCC(c2ccc(-c3ccc4ncn(C(c5nc6ccccc6[nH]5)c5cc(F)ccc5O)c(=O)c4n3)cc2)CC1. The normalized spacial score (nSPS) is 15.4. The molecule has 1 aliphatic rings. The van der Waals surface area contributed by atoms with Gasteiger partial charge in [0, 0.05) is 11.1 Å². The molecule has 1 saturated heterocycles. The molecule has 0 saturated carbocycles. The Hall–Kier alpha value is -4.89. The fourth-order valence-electron chi connectivity index (χ4n) is 5.90. The molecule has 1 unspecified atom stereocenters. The second-order valence-corrected chi connectivity index (χ2v) is 11.0. The second-order valence-electron chi connectivity index (χ2n) is 11.0. The monoisotopic (exact) mass is 560 g/mol. The number of H-pyrrole nitrogens is 1. The fourth-order valence-corrected chi connectivity index (χ4v) is 5.90. The molecular weight excluding hydrogens is 531 g/mol. The van der Waals surface area contributed by atoms with E-state index in [1.165, 1.54) is 34.7 Å². The highest BCUT2D eigenvalue weighted by Gasteiger charge is 2.26. The molecule has 6 aromatic rings. The first-order chi connectivity index (χ1) is 20.4. The average Bonchev–Trinajstić information content (AvgIpc) is 3.44. The molecule has 3 aromatic carbocycles. The van der Waals surface area contributed by atoms with Crippen LogP contribution in [-0.2, 0) is 0 Å². The fraction of sp³-hybridized carbons (Fsp3) is 0.212. The molecule has 1 atom stereocenters. The van der Waals surface area contributed by atoms with E-state index in [2.05, 4.69) is 51.2 Å². The molecule has 1 aliphatic heterocycles. The third kappa shape index (κ3) is 4.71. The molecule has 0 aliphatic carbocycles. The van der Waals surface area contributed by atoms with Crippen molar-refractivity contribution in [2.24, 2.45) is 0 Å². The number of nitrogens with one attached hydrogen (secondary N) is 1. The topological polar surface area (TPSA) is 99.9 Å². The number of hydrogen-bond donors (Lipinski definition) is 2. The smallest absolute Gasteiger partial charge is 0.280 e. The zero-order valence-electron chi connectivity index (χ0n) is 23.0. The summed E-state index contributed by atoms with van der Waals surface area (Å²) in [6.45, 7) is 2.20. The first kappa shape index (κ1) is 26.0. The van der Waals surface area contributed by atoms with Crippen LogP contribution in [0.4, 0.5) is 4.39 Å². The number of halogens is 1. The largest absolute Gasteiger partial charge is 0.508 e. The predicted octanol–water partition coefficient (Wildman–Crippen LogP) is 5.63. The Morgan fingerprint density at radius 1 is 0.952 bits per heavy atom. The summed E-state index contributed by atoms with van der Waals surface area (Å²) < 4.78 is 15.8. The molecular formula is C33H29FN6O2. The quantitative estimate of drug-likeness (QED) is 0.284. The van der Waals surface area contributed by atoms with Crippen LogP contribution in [-0.4, -0.2) is 54.6 Å². The molecule has 42 heavy (non-hydrogen) atoms. The van der Waals surface area contributed by atoms with Crippen molar-refractivity contribution < 1.29 is 9.50 Å². The number of para-hydroxylation sites is 2. The van der Waals surface area contributed by atoms with Gasteiger partial charge in [-0.05, 0) is 86.9 Å². The maximum absolute atomic E-state index is 14.4. The Bertz CT molecular complexity index is 1940. The van der Waals surface area contributed by atoms with E-state index in [9.17, 15) is 14.3 Å². The summed E-state index contributed by atoms with van der Waals surface area (Å²) in [5.74, 6) is 0.196. The van der Waals surface area contributed by atoms with Crippen molar-refractivity contribution in [2.75, 3.05) is 20.1 Å². The Morgan fingerprint density at radius 3 is 2.52 bits per heavy atom. The summed E-state index contributed by atoms with van der Waals surface area (Å²) in [7, 11) is 2.16. The molecule has 0 amide bonds. The van der Waals surface area contributed by atoms with E-state index in [0.717, 1.165) is 37.0 Å². The molecule has 9 heteroatoms. The van der Waals surface area contributed by atoms with E-state index >= 15 is 0 Å². The van der Waals surface area contributed by atoms with E-state index in [4.69, 9.17) is 4.98 Å². The van der Waals surface area contributed by atoms with Gasteiger partial charge in [-0.15, -0.1) is 0 Å². The number of aromatic amines is 1. The van der Waals surface area contributed by atoms with E-state index in [-0.39, 0.29) is 16.8 Å². The zero-order valence-corrected chi connectivity index (χ0v) is 23.0. The lowest BCUT2D eigenvalue weighted by molar-refractivity contribution is 0.255. The minimum Gasteiger partial charge on any atom is -0.508 e. The van der Waals surface area contributed by atoms with Gasteiger partial charge >= 0.3 is 0 Å². The van der Waals surface area contributed by atoms with Crippen LogP contribution < -0.4 is 5.56 Å². The van der Waals surface area contributed by atoms with Gasteiger partial charge in [-0.1, -0.05) is 36.4 Å². The maximum Gasteiger partial charge on any atom is 0.280 e. The van der Waals surface area contributed by atoms with Gasteiger partial charge < -0.3 is 15.0 Å². The van der Waals surface area contributed by atoms with Gasteiger partial charge in [-0.2, -0.15) is 0 Å². The van der Waals surface area contributed by atoms with E-state index in [0.29, 0.717) is 28.5 Å². The van der Waals surface area contributed by atoms with Crippen LogP contribution in [0, 0.1) is 5.82 Å². The van der Waals surface area contributed by atoms with Gasteiger partial charge in [0.2, 0.25) is 0 Å². The average molecular weight is 561 g/mol. The second kappa shape index (κ2) is 10.5. The van der Waals surface area contributed by atoms with Crippen LogP contribution in [0.2, 0.25) is 0 Å². The maximum atomic E-state index is 14.4. The molecule has 210 valence electrons. The highest BCUT2D eigenvalue weighted by molar-refractivity contribution is 5.77. The van der Waals surface area contributed by atoms with Gasteiger partial charge in [-0.3, -0.25) is 9.36 Å². The van der Waals surface area contributed by atoms with Crippen LogP contribution in [0.5, 0.6) is 5.75 Å². The Labute approximate surface area is 241 Å². The summed E-state index contributed by atoms with van der Waals surface area (Å²) in [4.78, 5) is 33.6. The Morgan fingerprint density at radius 2 is 1.74 bits per heavy atom. The van der Waals surface area contributed by atoms with Crippen LogP contribution in [0.1, 0.15) is 41.8 Å². The first-order valence-electron chi connectivity index (χ1n) is 14.0. The number of aromatic hydroxyl groups is 1. The summed E-state index contributed by atoms with van der Waals surface area (Å²) in [6, 6.07) is 22.2. The van der Waals surface area contributed by atoms with Crippen molar-refractivity contribution in [1.82, 2.24) is 29.4 Å². The van der Waals surface area contributed by atoms with Crippen molar-refractivity contribution in [3.8, 4) is 17.0 Å². The van der Waals surface area contributed by atoms with Gasteiger partial charge in [0.05, 0.1) is 28.6 Å². The van der Waals surface area contributed by atoms with E-state index in [1.807, 2.05) is 30.3 Å². The lowest BCUT2D eigenvalue weighted by atomic mass is 9.89. The highest BCUT2D eigenvalue weighted by Crippen LogP contribution is 2.33. The summed E-state index contributed by atoms with van der Waals surface area (Å²) >= 11 is 0. The van der Waals surface area contributed by atoms with Crippen molar-refractivity contribution in [3.05, 3.63) is 118 Å². The van der Waals surface area contributed by atoms with Crippen molar-refractivity contribution in [2.45, 2.75) is 24.8 Å². The number of aromatic nitrogens is 5.